The lowest BCUT2D eigenvalue weighted by molar-refractivity contribution is -0.138. The van der Waals surface area contributed by atoms with Gasteiger partial charge < -0.3 is 24.8 Å². The Balaban J connectivity index is 1.63. The fourth-order valence-electron chi connectivity index (χ4n) is 3.25. The molecule has 0 aliphatic heterocycles. The Bertz CT molecular complexity index is 1150. The maximum atomic E-state index is 11.9. The van der Waals surface area contributed by atoms with E-state index < -0.39 is 18.0 Å². The van der Waals surface area contributed by atoms with E-state index in [2.05, 4.69) is 15.3 Å². The molecule has 9 nitrogen and oxygen atoms in total. The van der Waals surface area contributed by atoms with Gasteiger partial charge in [-0.25, -0.2) is 14.8 Å². The highest BCUT2D eigenvalue weighted by molar-refractivity contribution is 5.76. The fraction of sp³-hybridized carbons (Fsp3) is 0.308. The number of ether oxygens (including phenoxy) is 2. The molecule has 0 aliphatic rings. The number of hydrogen-bond acceptors (Lipinski definition) is 7. The van der Waals surface area contributed by atoms with Crippen LogP contribution in [0.1, 0.15) is 29.7 Å². The lowest BCUT2D eigenvalue weighted by Crippen LogP contribution is -2.31. The van der Waals surface area contributed by atoms with Crippen LogP contribution >= 0.6 is 0 Å². The van der Waals surface area contributed by atoms with Crippen molar-refractivity contribution in [3.8, 4) is 17.1 Å². The molecule has 0 radical (unpaired) electrons. The van der Waals surface area contributed by atoms with Gasteiger partial charge in [-0.1, -0.05) is 36.4 Å². The summed E-state index contributed by atoms with van der Waals surface area (Å²) in [5, 5.41) is 12.1. The summed E-state index contributed by atoms with van der Waals surface area (Å²) in [4.78, 5) is 34.2. The molecule has 1 atom stereocenters. The summed E-state index contributed by atoms with van der Waals surface area (Å²) >= 11 is 0. The Labute approximate surface area is 204 Å². The Morgan fingerprint density at radius 3 is 2.66 bits per heavy atom. The smallest absolute Gasteiger partial charge is 0.407 e. The number of amides is 1. The zero-order valence-electron chi connectivity index (χ0n) is 20.1. The van der Waals surface area contributed by atoms with Crippen molar-refractivity contribution in [1.29, 1.82) is 0 Å². The minimum absolute atomic E-state index is 0.128. The standard InChI is InChI=1S/C26H30N4O5/c1-18(25(31)32)22-9-4-5-10-23(22)34-17-21-11-12-27-24(29-21)20-8-6-7-19(15-20)16-35-26(33)28-13-14-30(2)3/h4-12,15,18H,13-14,16-17H2,1-3H3,(H,28,33)(H,31,32). The molecular formula is C26H30N4O5. The van der Waals surface area contributed by atoms with Crippen molar-refractivity contribution in [3.63, 3.8) is 0 Å². The lowest BCUT2D eigenvalue weighted by Gasteiger charge is -2.14. The number of alkyl carbamates (subject to hydrolysis) is 1. The molecule has 1 amide bonds. The number of aliphatic carboxylic acids is 1. The molecule has 184 valence electrons. The number of benzene rings is 2. The van der Waals surface area contributed by atoms with Crippen LogP contribution in [0.4, 0.5) is 4.79 Å². The Kier molecular flexibility index (Phi) is 9.14. The first-order chi connectivity index (χ1) is 16.8. The number of rotatable bonds is 11. The normalized spacial score (nSPS) is 11.7. The quantitative estimate of drug-likeness (QED) is 0.429. The molecule has 0 saturated carbocycles. The van der Waals surface area contributed by atoms with E-state index in [-0.39, 0.29) is 13.2 Å². The number of hydrogen-bond donors (Lipinski definition) is 2. The molecule has 0 spiro atoms. The van der Waals surface area contributed by atoms with Crippen LogP contribution in [0.5, 0.6) is 5.75 Å². The van der Waals surface area contributed by atoms with E-state index in [0.717, 1.165) is 17.7 Å². The largest absolute Gasteiger partial charge is 0.487 e. The molecule has 1 heterocycles. The van der Waals surface area contributed by atoms with Crippen molar-refractivity contribution in [3.05, 3.63) is 77.6 Å². The molecule has 3 rings (SSSR count). The minimum Gasteiger partial charge on any atom is -0.487 e. The maximum Gasteiger partial charge on any atom is 0.407 e. The van der Waals surface area contributed by atoms with E-state index in [0.29, 0.717) is 29.4 Å². The van der Waals surface area contributed by atoms with Crippen molar-refractivity contribution in [2.45, 2.75) is 26.1 Å². The second kappa shape index (κ2) is 12.5. The monoisotopic (exact) mass is 478 g/mol. The van der Waals surface area contributed by atoms with Gasteiger partial charge in [0, 0.05) is 30.4 Å². The van der Waals surface area contributed by atoms with Gasteiger partial charge in [0.2, 0.25) is 0 Å². The summed E-state index contributed by atoms with van der Waals surface area (Å²) in [6.45, 7) is 3.15. The van der Waals surface area contributed by atoms with Crippen LogP contribution in [-0.4, -0.2) is 59.2 Å². The molecule has 0 fully saturated rings. The summed E-state index contributed by atoms with van der Waals surface area (Å²) in [7, 11) is 3.86. The first kappa shape index (κ1) is 25.6. The van der Waals surface area contributed by atoms with E-state index >= 15 is 0 Å². The summed E-state index contributed by atoms with van der Waals surface area (Å²) in [6.07, 6.45) is 1.18. The van der Waals surface area contributed by atoms with Crippen LogP contribution in [0.15, 0.2) is 60.8 Å². The van der Waals surface area contributed by atoms with Crippen LogP contribution < -0.4 is 10.1 Å². The Hall–Kier alpha value is -3.98. The number of likely N-dealkylation sites (N-methyl/N-ethyl adjacent to an activating group) is 1. The number of nitrogens with one attached hydrogen (secondary N) is 1. The first-order valence-electron chi connectivity index (χ1n) is 11.2. The highest BCUT2D eigenvalue weighted by Gasteiger charge is 2.18. The summed E-state index contributed by atoms with van der Waals surface area (Å²) in [5.74, 6) is -0.589. The molecular weight excluding hydrogens is 448 g/mol. The average Bonchev–Trinajstić information content (AvgIpc) is 2.86. The second-order valence-corrected chi connectivity index (χ2v) is 8.26. The Morgan fingerprint density at radius 2 is 1.89 bits per heavy atom. The van der Waals surface area contributed by atoms with Crippen molar-refractivity contribution >= 4 is 12.1 Å². The molecule has 1 unspecified atom stereocenters. The molecule has 1 aromatic heterocycles. The molecule has 9 heteroatoms. The van der Waals surface area contributed by atoms with E-state index in [1.165, 1.54) is 0 Å². The highest BCUT2D eigenvalue weighted by atomic mass is 16.5. The third-order valence-corrected chi connectivity index (χ3v) is 5.23. The van der Waals surface area contributed by atoms with E-state index in [4.69, 9.17) is 9.47 Å². The average molecular weight is 479 g/mol. The fourth-order valence-corrected chi connectivity index (χ4v) is 3.25. The van der Waals surface area contributed by atoms with Gasteiger partial charge in [-0.3, -0.25) is 4.79 Å². The number of carbonyl (C=O) groups is 2. The van der Waals surface area contributed by atoms with Gasteiger partial charge in [0.15, 0.2) is 5.82 Å². The van der Waals surface area contributed by atoms with Crippen LogP contribution in [0, 0.1) is 0 Å². The maximum absolute atomic E-state index is 11.9. The number of carboxylic acids is 1. The van der Waals surface area contributed by atoms with Crippen molar-refractivity contribution in [2.75, 3.05) is 27.2 Å². The van der Waals surface area contributed by atoms with Gasteiger partial charge in [-0.2, -0.15) is 0 Å². The molecule has 0 aliphatic carbocycles. The van der Waals surface area contributed by atoms with Gasteiger partial charge >= 0.3 is 12.1 Å². The van der Waals surface area contributed by atoms with Crippen LogP contribution in [-0.2, 0) is 22.7 Å². The molecule has 3 aromatic rings. The SMILES string of the molecule is CC(C(=O)O)c1ccccc1OCc1ccnc(-c2cccc(COC(=O)NCCN(C)C)c2)n1. The number of aromatic nitrogens is 2. The minimum atomic E-state index is -0.916. The first-order valence-corrected chi connectivity index (χ1v) is 11.2. The molecule has 0 bridgehead atoms. The predicted octanol–water partition coefficient (Wildman–Crippen LogP) is 3.70. The number of nitrogens with zero attached hydrogens (tertiary/aromatic N) is 3. The Morgan fingerprint density at radius 1 is 1.09 bits per heavy atom. The summed E-state index contributed by atoms with van der Waals surface area (Å²) < 4.78 is 11.2. The molecule has 0 saturated heterocycles. The van der Waals surface area contributed by atoms with Gasteiger partial charge in [0.1, 0.15) is 19.0 Å². The van der Waals surface area contributed by atoms with Gasteiger partial charge in [-0.15, -0.1) is 0 Å². The third kappa shape index (κ3) is 7.79. The van der Waals surface area contributed by atoms with Crippen LogP contribution in [0.25, 0.3) is 11.4 Å². The second-order valence-electron chi connectivity index (χ2n) is 8.26. The van der Waals surface area contributed by atoms with Crippen LogP contribution in [0.3, 0.4) is 0 Å². The molecule has 2 N–H and O–H groups in total. The summed E-state index contributed by atoms with van der Waals surface area (Å²) in [6, 6.07) is 16.3. The van der Waals surface area contributed by atoms with Crippen molar-refractivity contribution in [2.24, 2.45) is 0 Å². The van der Waals surface area contributed by atoms with Crippen molar-refractivity contribution < 1.29 is 24.2 Å². The number of carboxylic acid groups (broad SMARTS) is 1. The molecule has 35 heavy (non-hydrogen) atoms. The van der Waals surface area contributed by atoms with Gasteiger partial charge in [-0.05, 0) is 44.8 Å². The zero-order valence-corrected chi connectivity index (χ0v) is 20.1. The van der Waals surface area contributed by atoms with E-state index in [1.54, 1.807) is 43.5 Å². The number of carbonyl (C=O) groups excluding carboxylic acids is 1. The van der Waals surface area contributed by atoms with E-state index in [1.807, 2.05) is 43.3 Å². The lowest BCUT2D eigenvalue weighted by atomic mass is 10.0. The number of para-hydroxylation sites is 1. The van der Waals surface area contributed by atoms with Gasteiger partial charge in [0.25, 0.3) is 0 Å². The topological polar surface area (TPSA) is 114 Å². The highest BCUT2D eigenvalue weighted by Crippen LogP contribution is 2.27. The predicted molar refractivity (Wildman–Crippen MR) is 131 cm³/mol. The van der Waals surface area contributed by atoms with Crippen LogP contribution in [0.2, 0.25) is 0 Å². The van der Waals surface area contributed by atoms with Crippen molar-refractivity contribution in [1.82, 2.24) is 20.2 Å². The van der Waals surface area contributed by atoms with E-state index in [9.17, 15) is 14.7 Å². The van der Waals surface area contributed by atoms with Gasteiger partial charge in [0.05, 0.1) is 11.6 Å². The zero-order chi connectivity index (χ0) is 25.2. The third-order valence-electron chi connectivity index (χ3n) is 5.23. The molecule has 2 aromatic carbocycles. The summed E-state index contributed by atoms with van der Waals surface area (Å²) in [5.41, 5.74) is 2.84.